The summed E-state index contributed by atoms with van der Waals surface area (Å²) in [4.78, 5) is 29.2. The second-order valence-electron chi connectivity index (χ2n) is 9.10. The Kier molecular flexibility index (Phi) is 9.92. The third-order valence-corrected chi connectivity index (χ3v) is 6.73. The number of anilines is 2. The number of carbonyl (C=O) groups excluding carboxylic acids is 2. The number of pyridine rings is 1. The number of aromatic nitrogens is 1. The Morgan fingerprint density at radius 1 is 0.872 bits per heavy atom. The number of nitrogens with zero attached hydrogens (tertiary/aromatic N) is 3. The van der Waals surface area contributed by atoms with Gasteiger partial charge in [-0.05, 0) is 52.3 Å². The number of hydrogen-bond acceptors (Lipinski definition) is 4. The summed E-state index contributed by atoms with van der Waals surface area (Å²) in [5.41, 5.74) is -17.0. The highest BCUT2D eigenvalue weighted by Crippen LogP contribution is 2.55. The maximum absolute atomic E-state index is 15.6. The first-order chi connectivity index (χ1) is 21.4. The van der Waals surface area contributed by atoms with E-state index in [1.807, 2.05) is 0 Å². The molecular formula is C26H11BrF14N4O2. The van der Waals surface area contributed by atoms with E-state index in [-0.39, 0.29) is 6.07 Å². The number of alkyl halides is 13. The number of rotatable bonds is 6. The molecular weight excluding hydrogens is 746 g/mol. The van der Waals surface area contributed by atoms with Crippen molar-refractivity contribution in [3.63, 3.8) is 0 Å². The molecule has 0 aliphatic carbocycles. The van der Waals surface area contributed by atoms with E-state index < -0.39 is 104 Å². The van der Waals surface area contributed by atoms with Crippen LogP contribution in [0.15, 0.2) is 53.1 Å². The van der Waals surface area contributed by atoms with Gasteiger partial charge < -0.3 is 5.32 Å². The van der Waals surface area contributed by atoms with Gasteiger partial charge in [0.1, 0.15) is 12.2 Å². The lowest BCUT2D eigenvalue weighted by molar-refractivity contribution is -0.348. The smallest absolute Gasteiger partial charge is 0.320 e. The van der Waals surface area contributed by atoms with Gasteiger partial charge in [-0.1, -0.05) is 6.07 Å². The van der Waals surface area contributed by atoms with Gasteiger partial charge in [0.05, 0.1) is 34.1 Å². The maximum atomic E-state index is 15.6. The molecule has 252 valence electrons. The molecule has 2 amide bonds. The summed E-state index contributed by atoms with van der Waals surface area (Å²) < 4.78 is 188. The number of carbonyl (C=O) groups is 2. The van der Waals surface area contributed by atoms with E-state index in [0.717, 1.165) is 12.1 Å². The van der Waals surface area contributed by atoms with Gasteiger partial charge in [0, 0.05) is 16.2 Å². The zero-order valence-electron chi connectivity index (χ0n) is 22.2. The molecule has 0 bridgehead atoms. The van der Waals surface area contributed by atoms with Crippen molar-refractivity contribution in [2.45, 2.75) is 30.4 Å². The van der Waals surface area contributed by atoms with Gasteiger partial charge in [-0.2, -0.15) is 57.9 Å². The summed E-state index contributed by atoms with van der Waals surface area (Å²) >= 11 is 2.28. The van der Waals surface area contributed by atoms with Crippen molar-refractivity contribution in [3.8, 4) is 6.07 Å². The molecule has 1 heterocycles. The zero-order valence-corrected chi connectivity index (χ0v) is 23.7. The lowest BCUT2D eigenvalue weighted by atomic mass is 9.92. The number of nitrogens with one attached hydrogen (secondary N) is 1. The van der Waals surface area contributed by atoms with Crippen molar-refractivity contribution in [1.29, 1.82) is 5.26 Å². The molecule has 2 aromatic carbocycles. The molecule has 3 rings (SSSR count). The summed E-state index contributed by atoms with van der Waals surface area (Å²) in [6.07, 6.45) is -23.9. The van der Waals surface area contributed by atoms with E-state index in [1.165, 1.54) is 11.4 Å². The Morgan fingerprint density at radius 2 is 1.47 bits per heavy atom. The predicted molar refractivity (Wildman–Crippen MR) is 135 cm³/mol. The Bertz CT molecular complexity index is 1710. The van der Waals surface area contributed by atoms with Gasteiger partial charge >= 0.3 is 30.4 Å². The second-order valence-corrected chi connectivity index (χ2v) is 9.96. The second kappa shape index (κ2) is 12.6. The summed E-state index contributed by atoms with van der Waals surface area (Å²) in [5.74, 6) is -4.88. The van der Waals surface area contributed by atoms with Crippen LogP contribution in [0.4, 0.5) is 72.8 Å². The molecule has 0 fully saturated rings. The van der Waals surface area contributed by atoms with Gasteiger partial charge in [-0.25, -0.2) is 8.78 Å². The van der Waals surface area contributed by atoms with Crippen LogP contribution in [-0.4, -0.2) is 35.7 Å². The third kappa shape index (κ3) is 7.26. The zero-order chi connectivity index (χ0) is 35.9. The third-order valence-electron chi connectivity index (χ3n) is 6.10. The molecule has 3 aromatic rings. The molecule has 21 heteroatoms. The minimum Gasteiger partial charge on any atom is -0.320 e. The molecule has 0 spiro atoms. The van der Waals surface area contributed by atoms with E-state index in [0.29, 0.717) is 29.3 Å². The van der Waals surface area contributed by atoms with E-state index in [9.17, 15) is 66.7 Å². The number of nitriles is 1. The lowest BCUT2D eigenvalue weighted by Gasteiger charge is -2.31. The molecule has 0 aliphatic rings. The van der Waals surface area contributed by atoms with Crippen LogP contribution in [0.1, 0.15) is 37.5 Å². The number of benzene rings is 2. The van der Waals surface area contributed by atoms with Gasteiger partial charge in [-0.15, -0.1) is 0 Å². The Balaban J connectivity index is 2.10. The van der Waals surface area contributed by atoms with E-state index in [2.05, 4.69) is 20.9 Å². The average molecular weight is 757 g/mol. The van der Waals surface area contributed by atoms with Crippen LogP contribution < -0.4 is 10.2 Å². The minimum absolute atomic E-state index is 0.317. The monoisotopic (exact) mass is 756 g/mol. The normalized spacial score (nSPS) is 12.8. The SMILES string of the molecule is N#CCN(C(=O)c1ccc(C(F)(F)F)nc1)c1cccc(C(=O)Nc2c(Br)cc(C(F)(C(F)(F)F)C(F)(F)F)cc2C(F)(F)F)c1F. The van der Waals surface area contributed by atoms with Crippen molar-refractivity contribution in [3.05, 3.63) is 86.9 Å². The van der Waals surface area contributed by atoms with Crippen LogP contribution in [-0.2, 0) is 18.0 Å². The van der Waals surface area contributed by atoms with Crippen LogP contribution in [0.3, 0.4) is 0 Å². The molecule has 0 atom stereocenters. The number of halogens is 15. The predicted octanol–water partition coefficient (Wildman–Crippen LogP) is 8.73. The summed E-state index contributed by atoms with van der Waals surface area (Å²) in [7, 11) is 0. The maximum Gasteiger partial charge on any atom is 0.435 e. The summed E-state index contributed by atoms with van der Waals surface area (Å²) in [6.45, 7) is -1.00. The summed E-state index contributed by atoms with van der Waals surface area (Å²) in [5, 5.41) is 10.6. The molecule has 0 radical (unpaired) electrons. The van der Waals surface area contributed by atoms with Crippen molar-refractivity contribution < 1.29 is 71.1 Å². The lowest BCUT2D eigenvalue weighted by Crippen LogP contribution is -2.50. The minimum atomic E-state index is -6.80. The molecule has 1 N–H and O–H groups in total. The highest BCUT2D eigenvalue weighted by molar-refractivity contribution is 9.10. The highest BCUT2D eigenvalue weighted by Gasteiger charge is 2.73. The fraction of sp³-hybridized carbons (Fsp3) is 0.231. The fourth-order valence-corrected chi connectivity index (χ4v) is 4.47. The average Bonchev–Trinajstić information content (AvgIpc) is 2.94. The molecule has 0 saturated carbocycles. The van der Waals surface area contributed by atoms with E-state index in [1.54, 1.807) is 0 Å². The highest BCUT2D eigenvalue weighted by atomic mass is 79.9. The van der Waals surface area contributed by atoms with Crippen molar-refractivity contribution in [1.82, 2.24) is 4.98 Å². The van der Waals surface area contributed by atoms with Crippen molar-refractivity contribution >= 4 is 39.1 Å². The van der Waals surface area contributed by atoms with Crippen LogP contribution in [0.25, 0.3) is 0 Å². The van der Waals surface area contributed by atoms with Gasteiger partial charge in [0.15, 0.2) is 5.82 Å². The van der Waals surface area contributed by atoms with Crippen molar-refractivity contribution in [2.75, 3.05) is 16.8 Å². The Morgan fingerprint density at radius 3 is 1.94 bits per heavy atom. The molecule has 1 aromatic heterocycles. The van der Waals surface area contributed by atoms with Gasteiger partial charge in [-0.3, -0.25) is 19.5 Å². The van der Waals surface area contributed by atoms with Crippen LogP contribution in [0.2, 0.25) is 0 Å². The molecule has 47 heavy (non-hydrogen) atoms. The molecule has 0 unspecified atom stereocenters. The Hall–Kier alpha value is -4.48. The fourth-order valence-electron chi connectivity index (χ4n) is 3.91. The molecule has 0 saturated heterocycles. The van der Waals surface area contributed by atoms with E-state index in [4.69, 9.17) is 5.26 Å². The van der Waals surface area contributed by atoms with Gasteiger partial charge in [0.25, 0.3) is 11.8 Å². The van der Waals surface area contributed by atoms with Gasteiger partial charge in [0.2, 0.25) is 0 Å². The van der Waals surface area contributed by atoms with Crippen LogP contribution in [0.5, 0.6) is 0 Å². The Labute approximate surface area is 260 Å². The first kappa shape index (κ1) is 37.0. The topological polar surface area (TPSA) is 86.1 Å². The first-order valence-corrected chi connectivity index (χ1v) is 12.7. The van der Waals surface area contributed by atoms with Crippen LogP contribution >= 0.6 is 15.9 Å². The number of amides is 2. The quantitative estimate of drug-likeness (QED) is 0.202. The number of hydrogen-bond donors (Lipinski definition) is 1. The summed E-state index contributed by atoms with van der Waals surface area (Å²) in [6, 6.07) is 3.51. The first-order valence-electron chi connectivity index (χ1n) is 11.9. The van der Waals surface area contributed by atoms with E-state index >= 15 is 4.39 Å². The van der Waals surface area contributed by atoms with Crippen LogP contribution in [0, 0.1) is 17.1 Å². The largest absolute Gasteiger partial charge is 0.435 e. The van der Waals surface area contributed by atoms with Crippen molar-refractivity contribution in [2.24, 2.45) is 0 Å². The molecule has 0 aliphatic heterocycles. The molecule has 6 nitrogen and oxygen atoms in total. The standard InChI is InChI=1S/C26H11BrF14N4O2/c27-15-9-12(22(29,25(36,37)38)26(39,40)41)8-14(23(30,31)32)19(15)44-20(46)13-2-1-3-16(18(13)28)45(7-6-42)21(47)11-4-5-17(43-10-11)24(33,34)35/h1-5,8-10H,7H2,(H,44,46).